The van der Waals surface area contributed by atoms with Crippen LogP contribution in [0.15, 0.2) is 48.6 Å². The number of nitrogens with one attached hydrogen (secondary N) is 2. The monoisotopic (exact) mass is 618 g/mol. The van der Waals surface area contributed by atoms with Gasteiger partial charge in [-0.1, -0.05) is 127 Å². The van der Waals surface area contributed by atoms with Crippen molar-refractivity contribution in [3.05, 3.63) is 48.6 Å². The number of aliphatic hydroxyl groups is 2. The summed E-state index contributed by atoms with van der Waals surface area (Å²) in [5.74, 6) is 0. The van der Waals surface area contributed by atoms with Crippen molar-refractivity contribution in [3.63, 3.8) is 0 Å². The minimum atomic E-state index is -0.239. The Bertz CT molecular complexity index is 620. The number of allylic oxidation sites excluding steroid dienone is 8. The third-order valence-electron chi connectivity index (χ3n) is 8.04. The van der Waals surface area contributed by atoms with Crippen LogP contribution in [0.1, 0.15) is 142 Å². The predicted octanol–water partition coefficient (Wildman–Crippen LogP) is 8.89. The van der Waals surface area contributed by atoms with Crippen molar-refractivity contribution in [1.29, 1.82) is 0 Å². The predicted molar refractivity (Wildman–Crippen MR) is 195 cm³/mol. The van der Waals surface area contributed by atoms with E-state index < -0.39 is 0 Å². The molecule has 5 nitrogen and oxygen atoms in total. The Morgan fingerprint density at radius 3 is 1.27 bits per heavy atom. The SMILES string of the molecule is CCC/C=C\C/C=C\CCCCCCCC(O)CNCCN(C)CCNCC(O)CCCCCCC/C=C\C/C=C\CCC. The summed E-state index contributed by atoms with van der Waals surface area (Å²) in [4.78, 5) is 2.30. The van der Waals surface area contributed by atoms with E-state index in [1.807, 2.05) is 0 Å². The largest absolute Gasteiger partial charge is 0.392 e. The molecule has 2 atom stereocenters. The number of likely N-dealkylation sites (N-methyl/N-ethyl adjacent to an activating group) is 1. The Balaban J connectivity index is 3.44. The molecule has 0 heterocycles. The second-order valence-corrected chi connectivity index (χ2v) is 12.6. The smallest absolute Gasteiger partial charge is 0.0664 e. The van der Waals surface area contributed by atoms with Crippen LogP contribution in [0.5, 0.6) is 0 Å². The van der Waals surface area contributed by atoms with Crippen LogP contribution in [0.3, 0.4) is 0 Å². The molecule has 0 aromatic heterocycles. The van der Waals surface area contributed by atoms with Crippen molar-refractivity contribution in [3.8, 4) is 0 Å². The van der Waals surface area contributed by atoms with Crippen molar-refractivity contribution in [2.45, 2.75) is 154 Å². The summed E-state index contributed by atoms with van der Waals surface area (Å²) >= 11 is 0. The van der Waals surface area contributed by atoms with Gasteiger partial charge < -0.3 is 25.7 Å². The van der Waals surface area contributed by atoms with E-state index in [2.05, 4.69) is 85.0 Å². The molecule has 5 heteroatoms. The van der Waals surface area contributed by atoms with Gasteiger partial charge in [-0.25, -0.2) is 0 Å². The molecule has 0 rings (SSSR count). The molecule has 0 aliphatic carbocycles. The summed E-state index contributed by atoms with van der Waals surface area (Å²) in [7, 11) is 2.14. The molecule has 0 radical (unpaired) electrons. The Kier molecular flexibility index (Phi) is 35.2. The molecule has 0 aromatic rings. The van der Waals surface area contributed by atoms with E-state index in [0.717, 1.165) is 64.7 Å². The van der Waals surface area contributed by atoms with E-state index in [1.54, 1.807) is 0 Å². The van der Waals surface area contributed by atoms with Gasteiger partial charge in [-0.05, 0) is 71.3 Å². The van der Waals surface area contributed by atoms with Gasteiger partial charge in [-0.3, -0.25) is 0 Å². The maximum Gasteiger partial charge on any atom is 0.0664 e. The van der Waals surface area contributed by atoms with Crippen molar-refractivity contribution < 1.29 is 10.2 Å². The van der Waals surface area contributed by atoms with E-state index >= 15 is 0 Å². The van der Waals surface area contributed by atoms with Gasteiger partial charge in [0.1, 0.15) is 0 Å². The average Bonchev–Trinajstić information content (AvgIpc) is 3.02. The normalized spacial score (nSPS) is 14.0. The lowest BCUT2D eigenvalue weighted by Crippen LogP contribution is -2.38. The lowest BCUT2D eigenvalue weighted by molar-refractivity contribution is 0.154. The minimum Gasteiger partial charge on any atom is -0.392 e. The van der Waals surface area contributed by atoms with E-state index in [-0.39, 0.29) is 12.2 Å². The van der Waals surface area contributed by atoms with Gasteiger partial charge >= 0.3 is 0 Å². The Labute approximate surface area is 274 Å². The van der Waals surface area contributed by atoms with Gasteiger partial charge in [-0.15, -0.1) is 0 Å². The highest BCUT2D eigenvalue weighted by molar-refractivity contribution is 4.93. The van der Waals surface area contributed by atoms with Crippen LogP contribution in [0.2, 0.25) is 0 Å². The van der Waals surface area contributed by atoms with Crippen LogP contribution in [0.25, 0.3) is 0 Å². The van der Waals surface area contributed by atoms with Crippen LogP contribution in [0.4, 0.5) is 0 Å². The number of aliphatic hydroxyl groups excluding tert-OH is 2. The third-order valence-corrected chi connectivity index (χ3v) is 8.04. The van der Waals surface area contributed by atoms with Gasteiger partial charge in [-0.2, -0.15) is 0 Å². The number of nitrogens with zero attached hydrogens (tertiary/aromatic N) is 1. The van der Waals surface area contributed by atoms with Crippen LogP contribution in [0, 0.1) is 0 Å². The first kappa shape index (κ1) is 42.8. The summed E-state index contributed by atoms with van der Waals surface area (Å²) in [6.07, 6.45) is 41.4. The van der Waals surface area contributed by atoms with Crippen LogP contribution >= 0.6 is 0 Å². The van der Waals surface area contributed by atoms with Gasteiger partial charge in [0.15, 0.2) is 0 Å². The fourth-order valence-electron chi connectivity index (χ4n) is 5.08. The molecule has 0 spiro atoms. The van der Waals surface area contributed by atoms with Gasteiger partial charge in [0.2, 0.25) is 0 Å². The molecular formula is C39H75N3O2. The first-order valence-electron chi connectivity index (χ1n) is 18.7. The van der Waals surface area contributed by atoms with Crippen molar-refractivity contribution in [1.82, 2.24) is 15.5 Å². The number of hydrogen-bond acceptors (Lipinski definition) is 5. The number of rotatable bonds is 34. The summed E-state index contributed by atoms with van der Waals surface area (Å²) in [6.45, 7) is 9.51. The zero-order valence-corrected chi connectivity index (χ0v) is 29.5. The van der Waals surface area contributed by atoms with Gasteiger partial charge in [0.05, 0.1) is 12.2 Å². The summed E-state index contributed by atoms with van der Waals surface area (Å²) in [6, 6.07) is 0. The van der Waals surface area contributed by atoms with Crippen LogP contribution in [-0.4, -0.2) is 73.6 Å². The topological polar surface area (TPSA) is 67.8 Å². The lowest BCUT2D eigenvalue weighted by atomic mass is 10.1. The minimum absolute atomic E-state index is 0.239. The molecular weight excluding hydrogens is 542 g/mol. The Morgan fingerprint density at radius 1 is 0.500 bits per heavy atom. The average molecular weight is 618 g/mol. The quantitative estimate of drug-likeness (QED) is 0.0429. The molecule has 258 valence electrons. The van der Waals surface area contributed by atoms with Crippen molar-refractivity contribution in [2.75, 3.05) is 46.3 Å². The third kappa shape index (κ3) is 35.2. The Morgan fingerprint density at radius 2 is 0.864 bits per heavy atom. The van der Waals surface area contributed by atoms with E-state index in [9.17, 15) is 10.2 Å². The Hall–Kier alpha value is -1.24. The van der Waals surface area contributed by atoms with E-state index in [1.165, 1.54) is 89.9 Å². The molecule has 0 saturated carbocycles. The summed E-state index contributed by atoms with van der Waals surface area (Å²) in [5.41, 5.74) is 0. The second kappa shape index (κ2) is 36.2. The maximum atomic E-state index is 10.3. The highest BCUT2D eigenvalue weighted by atomic mass is 16.3. The molecule has 0 aliphatic heterocycles. The molecule has 0 aliphatic rings. The fraction of sp³-hybridized carbons (Fsp3) is 0.795. The lowest BCUT2D eigenvalue weighted by Gasteiger charge is -2.19. The molecule has 0 saturated heterocycles. The maximum absolute atomic E-state index is 10.3. The molecule has 0 amide bonds. The number of hydrogen-bond donors (Lipinski definition) is 4. The molecule has 0 aromatic carbocycles. The number of unbranched alkanes of at least 4 members (excludes halogenated alkanes) is 12. The summed E-state index contributed by atoms with van der Waals surface area (Å²) in [5, 5.41) is 27.3. The van der Waals surface area contributed by atoms with Crippen molar-refractivity contribution in [2.24, 2.45) is 0 Å². The zero-order valence-electron chi connectivity index (χ0n) is 29.5. The van der Waals surface area contributed by atoms with Crippen molar-refractivity contribution >= 4 is 0 Å². The first-order chi connectivity index (χ1) is 21.6. The second-order valence-electron chi connectivity index (χ2n) is 12.6. The van der Waals surface area contributed by atoms with E-state index in [0.29, 0.717) is 13.1 Å². The molecule has 44 heavy (non-hydrogen) atoms. The highest BCUT2D eigenvalue weighted by Crippen LogP contribution is 2.10. The fourth-order valence-corrected chi connectivity index (χ4v) is 5.08. The van der Waals surface area contributed by atoms with Crippen LogP contribution < -0.4 is 10.6 Å². The van der Waals surface area contributed by atoms with Gasteiger partial charge in [0, 0.05) is 39.3 Å². The molecule has 2 unspecified atom stereocenters. The van der Waals surface area contributed by atoms with Crippen LogP contribution in [-0.2, 0) is 0 Å². The zero-order chi connectivity index (χ0) is 32.2. The van der Waals surface area contributed by atoms with Gasteiger partial charge in [0.25, 0.3) is 0 Å². The molecule has 0 bridgehead atoms. The standard InChI is InChI=1S/C39H75N3O2/c1-4-6-8-10-12-14-16-18-20-22-24-26-28-30-38(43)36-40-32-34-42(3)35-33-41-37-39(44)31-29-27-25-23-21-19-17-15-13-11-9-7-5-2/h8-11,14-17,38-41,43-44H,4-7,12-13,18-37H2,1-3H3/b10-8-,11-9-,16-14-,17-15-. The molecule has 4 N–H and O–H groups in total. The van der Waals surface area contributed by atoms with E-state index in [4.69, 9.17) is 0 Å². The molecule has 0 fully saturated rings. The first-order valence-corrected chi connectivity index (χ1v) is 18.7. The summed E-state index contributed by atoms with van der Waals surface area (Å²) < 4.78 is 0. The highest BCUT2D eigenvalue weighted by Gasteiger charge is 2.06.